The molecular formula is C17H17N5O3. The van der Waals surface area contributed by atoms with Gasteiger partial charge < -0.3 is 18.9 Å². The summed E-state index contributed by atoms with van der Waals surface area (Å²) in [5.41, 5.74) is 1.59. The lowest BCUT2D eigenvalue weighted by Crippen LogP contribution is -2.36. The van der Waals surface area contributed by atoms with E-state index in [9.17, 15) is 0 Å². The molecule has 0 radical (unpaired) electrons. The van der Waals surface area contributed by atoms with Gasteiger partial charge in [0.05, 0.1) is 25.9 Å². The summed E-state index contributed by atoms with van der Waals surface area (Å²) in [6, 6.07) is 7.41. The fourth-order valence-electron chi connectivity index (χ4n) is 2.61. The van der Waals surface area contributed by atoms with E-state index < -0.39 is 0 Å². The van der Waals surface area contributed by atoms with Gasteiger partial charge in [-0.2, -0.15) is 4.98 Å². The fraction of sp³-hybridized carbons (Fsp3) is 0.294. The normalized spacial score (nSPS) is 14.5. The number of nitrogens with zero attached hydrogens (tertiary/aromatic N) is 5. The molecule has 0 bridgehead atoms. The summed E-state index contributed by atoms with van der Waals surface area (Å²) in [6.07, 6.45) is 3.40. The lowest BCUT2D eigenvalue weighted by atomic mass is 10.2. The summed E-state index contributed by atoms with van der Waals surface area (Å²) < 4.78 is 15.8. The third-order valence-electron chi connectivity index (χ3n) is 3.96. The van der Waals surface area contributed by atoms with Crippen molar-refractivity contribution >= 4 is 5.82 Å². The molecule has 8 heteroatoms. The first-order valence-corrected chi connectivity index (χ1v) is 7.97. The maximum Gasteiger partial charge on any atom is 0.259 e. The predicted molar refractivity (Wildman–Crippen MR) is 90.3 cm³/mol. The molecule has 0 saturated carbocycles. The summed E-state index contributed by atoms with van der Waals surface area (Å²) in [5, 5.41) is 4.08. The maximum atomic E-state index is 5.38. The Morgan fingerprint density at radius 3 is 2.72 bits per heavy atom. The highest BCUT2D eigenvalue weighted by atomic mass is 16.5. The van der Waals surface area contributed by atoms with E-state index in [1.54, 1.807) is 25.6 Å². The van der Waals surface area contributed by atoms with Gasteiger partial charge in [-0.25, -0.2) is 9.97 Å². The second-order valence-electron chi connectivity index (χ2n) is 5.51. The number of methoxy groups -OCH3 is 1. The minimum atomic E-state index is 0.412. The average Bonchev–Trinajstić information content (AvgIpc) is 3.19. The van der Waals surface area contributed by atoms with Crippen molar-refractivity contribution in [2.75, 3.05) is 38.3 Å². The van der Waals surface area contributed by atoms with Gasteiger partial charge in [0.15, 0.2) is 0 Å². The van der Waals surface area contributed by atoms with Crippen molar-refractivity contribution in [1.29, 1.82) is 0 Å². The van der Waals surface area contributed by atoms with Crippen LogP contribution < -0.4 is 9.64 Å². The molecule has 8 nitrogen and oxygen atoms in total. The summed E-state index contributed by atoms with van der Waals surface area (Å²) in [7, 11) is 1.57. The molecule has 128 valence electrons. The summed E-state index contributed by atoms with van der Waals surface area (Å²) in [4.78, 5) is 15.2. The first kappa shape index (κ1) is 15.5. The van der Waals surface area contributed by atoms with Crippen molar-refractivity contribution in [1.82, 2.24) is 20.1 Å². The maximum absolute atomic E-state index is 5.38. The second-order valence-corrected chi connectivity index (χ2v) is 5.51. The number of hydrogen-bond acceptors (Lipinski definition) is 8. The van der Waals surface area contributed by atoms with Gasteiger partial charge >= 0.3 is 0 Å². The lowest BCUT2D eigenvalue weighted by molar-refractivity contribution is 0.122. The molecule has 3 aromatic heterocycles. The van der Waals surface area contributed by atoms with Crippen molar-refractivity contribution in [3.8, 4) is 28.7 Å². The second kappa shape index (κ2) is 6.86. The van der Waals surface area contributed by atoms with E-state index in [0.717, 1.165) is 30.0 Å². The molecule has 1 fully saturated rings. The highest BCUT2D eigenvalue weighted by molar-refractivity contribution is 5.62. The summed E-state index contributed by atoms with van der Waals surface area (Å²) in [6.45, 7) is 3.07. The largest absolute Gasteiger partial charge is 0.481 e. The Hall–Kier alpha value is -3.00. The van der Waals surface area contributed by atoms with Crippen LogP contribution in [0.2, 0.25) is 0 Å². The van der Waals surface area contributed by atoms with Crippen LogP contribution in [0, 0.1) is 0 Å². The van der Waals surface area contributed by atoms with Gasteiger partial charge in [0.25, 0.3) is 5.89 Å². The Morgan fingerprint density at radius 2 is 1.96 bits per heavy atom. The van der Waals surface area contributed by atoms with E-state index in [4.69, 9.17) is 14.0 Å². The van der Waals surface area contributed by atoms with Crippen molar-refractivity contribution in [2.24, 2.45) is 0 Å². The molecule has 0 unspecified atom stereocenters. The molecule has 0 aliphatic carbocycles. The molecule has 4 rings (SSSR count). The van der Waals surface area contributed by atoms with Gasteiger partial charge in [-0.1, -0.05) is 5.16 Å². The summed E-state index contributed by atoms with van der Waals surface area (Å²) in [5.74, 6) is 2.35. The number of aromatic nitrogens is 4. The zero-order valence-electron chi connectivity index (χ0n) is 13.8. The van der Waals surface area contributed by atoms with Gasteiger partial charge in [-0.3, -0.25) is 0 Å². The van der Waals surface area contributed by atoms with Gasteiger partial charge in [0.2, 0.25) is 11.7 Å². The highest BCUT2D eigenvalue weighted by Crippen LogP contribution is 2.25. The van der Waals surface area contributed by atoms with E-state index >= 15 is 0 Å². The topological polar surface area (TPSA) is 86.4 Å². The molecule has 0 atom stereocenters. The third kappa shape index (κ3) is 3.29. The molecule has 3 aromatic rings. The Labute approximate surface area is 144 Å². The highest BCUT2D eigenvalue weighted by Gasteiger charge is 2.15. The van der Waals surface area contributed by atoms with E-state index in [2.05, 4.69) is 25.0 Å². The molecule has 0 aromatic carbocycles. The molecule has 0 spiro atoms. The van der Waals surface area contributed by atoms with E-state index in [1.165, 1.54) is 0 Å². The van der Waals surface area contributed by atoms with Crippen LogP contribution in [0.25, 0.3) is 22.8 Å². The Morgan fingerprint density at radius 1 is 1.08 bits per heavy atom. The van der Waals surface area contributed by atoms with Crippen molar-refractivity contribution < 1.29 is 14.0 Å². The van der Waals surface area contributed by atoms with E-state index in [0.29, 0.717) is 30.8 Å². The fourth-order valence-corrected chi connectivity index (χ4v) is 2.61. The van der Waals surface area contributed by atoms with E-state index in [-0.39, 0.29) is 0 Å². The average molecular weight is 339 g/mol. The van der Waals surface area contributed by atoms with Gasteiger partial charge in [-0.05, 0) is 18.2 Å². The van der Waals surface area contributed by atoms with Gasteiger partial charge in [0.1, 0.15) is 5.82 Å². The predicted octanol–water partition coefficient (Wildman–Crippen LogP) is 2.04. The van der Waals surface area contributed by atoms with Crippen LogP contribution >= 0.6 is 0 Å². The standard InChI is InChI=1S/C17H17N5O3/c1-23-15-3-2-13(11-19-15)17-20-16(21-25-17)12-4-5-18-14(10-12)22-6-8-24-9-7-22/h2-5,10-11H,6-9H2,1H3. The molecule has 1 aliphatic heterocycles. The van der Waals surface area contributed by atoms with Crippen LogP contribution in [0.4, 0.5) is 5.82 Å². The molecule has 0 amide bonds. The van der Waals surface area contributed by atoms with Crippen LogP contribution in [-0.2, 0) is 4.74 Å². The first-order valence-electron chi connectivity index (χ1n) is 7.97. The number of anilines is 1. The number of pyridine rings is 2. The molecule has 0 N–H and O–H groups in total. The van der Waals surface area contributed by atoms with Crippen LogP contribution in [0.5, 0.6) is 5.88 Å². The third-order valence-corrected chi connectivity index (χ3v) is 3.96. The Bertz CT molecular complexity index is 843. The van der Waals surface area contributed by atoms with Gasteiger partial charge in [0, 0.05) is 37.1 Å². The summed E-state index contributed by atoms with van der Waals surface area (Å²) >= 11 is 0. The molecule has 4 heterocycles. The SMILES string of the molecule is COc1ccc(-c2nc(-c3ccnc(N4CCOCC4)c3)no2)cn1. The number of ether oxygens (including phenoxy) is 2. The monoisotopic (exact) mass is 339 g/mol. The lowest BCUT2D eigenvalue weighted by Gasteiger charge is -2.27. The van der Waals surface area contributed by atoms with E-state index in [1.807, 2.05) is 18.2 Å². The zero-order valence-corrected chi connectivity index (χ0v) is 13.8. The minimum absolute atomic E-state index is 0.412. The minimum Gasteiger partial charge on any atom is -0.481 e. The number of morpholine rings is 1. The van der Waals surface area contributed by atoms with Crippen LogP contribution in [0.3, 0.4) is 0 Å². The number of rotatable bonds is 4. The molecule has 25 heavy (non-hydrogen) atoms. The van der Waals surface area contributed by atoms with Crippen LogP contribution in [-0.4, -0.2) is 53.5 Å². The first-order chi connectivity index (χ1) is 12.3. The van der Waals surface area contributed by atoms with Crippen LogP contribution in [0.1, 0.15) is 0 Å². The molecular weight excluding hydrogens is 322 g/mol. The number of hydrogen-bond donors (Lipinski definition) is 0. The smallest absolute Gasteiger partial charge is 0.259 e. The molecule has 1 saturated heterocycles. The van der Waals surface area contributed by atoms with Crippen molar-refractivity contribution in [2.45, 2.75) is 0 Å². The Balaban J connectivity index is 1.59. The zero-order chi connectivity index (χ0) is 17.1. The van der Waals surface area contributed by atoms with Crippen LogP contribution in [0.15, 0.2) is 41.2 Å². The van der Waals surface area contributed by atoms with Gasteiger partial charge in [-0.15, -0.1) is 0 Å². The quantitative estimate of drug-likeness (QED) is 0.714. The molecule has 1 aliphatic rings. The van der Waals surface area contributed by atoms with Crippen molar-refractivity contribution in [3.63, 3.8) is 0 Å². The Kier molecular flexibility index (Phi) is 4.26. The van der Waals surface area contributed by atoms with Crippen molar-refractivity contribution in [3.05, 3.63) is 36.7 Å².